The van der Waals surface area contributed by atoms with Crippen LogP contribution in [0.25, 0.3) is 0 Å². The second kappa shape index (κ2) is 10.5. The summed E-state index contributed by atoms with van der Waals surface area (Å²) in [4.78, 5) is 38.9. The third kappa shape index (κ3) is 6.38. The van der Waals surface area contributed by atoms with Gasteiger partial charge in [-0.15, -0.1) is 0 Å². The number of esters is 1. The van der Waals surface area contributed by atoms with Gasteiger partial charge in [-0.25, -0.2) is 22.9 Å². The second-order valence-corrected chi connectivity index (χ2v) is 8.06. The Kier molecular flexibility index (Phi) is 8.05. The number of ether oxygens (including phenoxy) is 1. The summed E-state index contributed by atoms with van der Waals surface area (Å²) >= 11 is 0. The molecule has 30 heavy (non-hydrogen) atoms. The van der Waals surface area contributed by atoms with Crippen LogP contribution in [0.1, 0.15) is 52.6 Å². The molecule has 0 aliphatic rings. The minimum Gasteiger partial charge on any atom is -0.464 e. The Labute approximate surface area is 174 Å². The predicted molar refractivity (Wildman–Crippen MR) is 108 cm³/mol. The van der Waals surface area contributed by atoms with E-state index in [-0.39, 0.29) is 28.6 Å². The van der Waals surface area contributed by atoms with E-state index in [0.29, 0.717) is 6.42 Å². The fourth-order valence-corrected chi connectivity index (χ4v) is 3.38. The number of nitrogens with zero attached hydrogens (tertiary/aromatic N) is 1. The average molecular weight is 433 g/mol. The molecule has 10 heteroatoms. The molecule has 0 aliphatic carbocycles. The molecule has 1 heterocycles. The van der Waals surface area contributed by atoms with Crippen LogP contribution in [0.2, 0.25) is 0 Å². The number of carbonyl (C=O) groups is 3. The highest BCUT2D eigenvalue weighted by Crippen LogP contribution is 2.12. The number of hydrogen-bond donors (Lipinski definition) is 2. The van der Waals surface area contributed by atoms with Crippen molar-refractivity contribution in [3.8, 4) is 0 Å². The summed E-state index contributed by atoms with van der Waals surface area (Å²) in [6.07, 6.45) is 3.27. The molecule has 2 aromatic rings. The first-order chi connectivity index (χ1) is 14.3. The second-order valence-electron chi connectivity index (χ2n) is 6.38. The molecule has 0 saturated heterocycles. The number of amides is 2. The van der Waals surface area contributed by atoms with Crippen LogP contribution in [0.15, 0.2) is 47.5 Å². The van der Waals surface area contributed by atoms with Gasteiger partial charge >= 0.3 is 5.97 Å². The molecule has 0 aliphatic heterocycles. The van der Waals surface area contributed by atoms with Gasteiger partial charge in [0.15, 0.2) is 0 Å². The molecule has 0 radical (unpaired) electrons. The Morgan fingerprint density at radius 3 is 2.33 bits per heavy atom. The maximum absolute atomic E-state index is 12.4. The zero-order valence-electron chi connectivity index (χ0n) is 16.7. The van der Waals surface area contributed by atoms with Gasteiger partial charge in [-0.1, -0.05) is 25.5 Å². The number of benzene rings is 1. The summed E-state index contributed by atoms with van der Waals surface area (Å²) in [6.45, 7) is 2.28. The number of rotatable bonds is 9. The first-order valence-electron chi connectivity index (χ1n) is 9.24. The zero-order valence-corrected chi connectivity index (χ0v) is 17.5. The number of unbranched alkanes of at least 4 members (excludes halogenated alkanes) is 1. The molecule has 1 aromatic carbocycles. The lowest BCUT2D eigenvalue weighted by atomic mass is 10.2. The van der Waals surface area contributed by atoms with Gasteiger partial charge in [0.1, 0.15) is 5.69 Å². The summed E-state index contributed by atoms with van der Waals surface area (Å²) in [6, 6.07) is 8.35. The largest absolute Gasteiger partial charge is 0.464 e. The maximum atomic E-state index is 12.4. The molecule has 2 N–H and O–H groups in total. The first-order valence-corrected chi connectivity index (χ1v) is 10.7. The van der Waals surface area contributed by atoms with E-state index in [2.05, 4.69) is 15.0 Å². The Bertz CT molecular complexity index is 1000. The molecule has 2 amide bonds. The highest BCUT2D eigenvalue weighted by atomic mass is 32.2. The summed E-state index contributed by atoms with van der Waals surface area (Å²) in [7, 11) is -2.91. The molecule has 160 valence electrons. The fraction of sp³-hybridized carbons (Fsp3) is 0.300. The monoisotopic (exact) mass is 433 g/mol. The number of carbonyl (C=O) groups excluding carboxylic acids is 3. The lowest BCUT2D eigenvalue weighted by molar-refractivity contribution is -0.121. The lowest BCUT2D eigenvalue weighted by Gasteiger charge is -2.09. The van der Waals surface area contributed by atoms with Gasteiger partial charge in [0.25, 0.3) is 15.9 Å². The Morgan fingerprint density at radius 1 is 1.07 bits per heavy atom. The topological polar surface area (TPSA) is 132 Å². The van der Waals surface area contributed by atoms with E-state index in [4.69, 9.17) is 0 Å². The quantitative estimate of drug-likeness (QED) is 0.576. The van der Waals surface area contributed by atoms with Crippen LogP contribution in [-0.2, 0) is 26.1 Å². The van der Waals surface area contributed by atoms with Crippen LogP contribution in [0.4, 0.5) is 0 Å². The SMILES string of the molecule is CCCCC(=O)NCc1ccc(S(=O)(=O)NC(=O)c2ccc(C(=O)OC)nc2)cc1. The first kappa shape index (κ1) is 23.0. The van der Waals surface area contributed by atoms with E-state index < -0.39 is 21.9 Å². The number of aromatic nitrogens is 1. The van der Waals surface area contributed by atoms with Crippen molar-refractivity contribution in [2.75, 3.05) is 7.11 Å². The number of sulfonamides is 1. The molecule has 2 rings (SSSR count). The van der Waals surface area contributed by atoms with E-state index in [0.717, 1.165) is 24.6 Å². The van der Waals surface area contributed by atoms with Gasteiger partial charge < -0.3 is 10.1 Å². The number of hydrogen-bond acceptors (Lipinski definition) is 7. The van der Waals surface area contributed by atoms with Crippen molar-refractivity contribution in [1.29, 1.82) is 0 Å². The molecular formula is C20H23N3O6S. The van der Waals surface area contributed by atoms with Crippen LogP contribution in [0.5, 0.6) is 0 Å². The van der Waals surface area contributed by atoms with Gasteiger partial charge in [0, 0.05) is 19.2 Å². The Morgan fingerprint density at radius 2 is 1.77 bits per heavy atom. The minimum atomic E-state index is -4.11. The van der Waals surface area contributed by atoms with Crippen LogP contribution < -0.4 is 10.0 Å². The summed E-state index contributed by atoms with van der Waals surface area (Å²) in [5.41, 5.74) is 0.694. The molecule has 1 aromatic heterocycles. The van der Waals surface area contributed by atoms with Crippen molar-refractivity contribution in [3.05, 3.63) is 59.4 Å². The summed E-state index contributed by atoms with van der Waals surface area (Å²) in [5.74, 6) is -1.62. The normalized spacial score (nSPS) is 10.9. The molecule has 0 fully saturated rings. The van der Waals surface area contributed by atoms with E-state index in [9.17, 15) is 22.8 Å². The van der Waals surface area contributed by atoms with Crippen molar-refractivity contribution in [2.45, 2.75) is 37.6 Å². The molecule has 9 nitrogen and oxygen atoms in total. The number of methoxy groups -OCH3 is 1. The van der Waals surface area contributed by atoms with Gasteiger partial charge in [-0.3, -0.25) is 9.59 Å². The molecule has 0 saturated carbocycles. The Hall–Kier alpha value is -3.27. The van der Waals surface area contributed by atoms with Crippen LogP contribution in [0, 0.1) is 0 Å². The van der Waals surface area contributed by atoms with Gasteiger partial charge in [-0.2, -0.15) is 0 Å². The van der Waals surface area contributed by atoms with Gasteiger partial charge in [0.2, 0.25) is 5.91 Å². The Balaban J connectivity index is 2.00. The fourth-order valence-electron chi connectivity index (χ4n) is 2.41. The maximum Gasteiger partial charge on any atom is 0.356 e. The highest BCUT2D eigenvalue weighted by Gasteiger charge is 2.19. The third-order valence-corrected chi connectivity index (χ3v) is 5.47. The standard InChI is InChI=1S/C20H23N3O6S/c1-3-4-5-18(24)22-12-14-6-9-16(10-7-14)30(27,28)23-19(25)15-8-11-17(21-13-15)20(26)29-2/h6-11,13H,3-5,12H2,1-2H3,(H,22,24)(H,23,25). The lowest BCUT2D eigenvalue weighted by Crippen LogP contribution is -2.30. The minimum absolute atomic E-state index is 0.00530. The number of pyridine rings is 1. The smallest absolute Gasteiger partial charge is 0.356 e. The van der Waals surface area contributed by atoms with Gasteiger partial charge in [0.05, 0.1) is 17.6 Å². The van der Waals surface area contributed by atoms with Crippen molar-refractivity contribution < 1.29 is 27.5 Å². The van der Waals surface area contributed by atoms with Crippen molar-refractivity contribution in [2.24, 2.45) is 0 Å². The van der Waals surface area contributed by atoms with Gasteiger partial charge in [-0.05, 0) is 36.2 Å². The van der Waals surface area contributed by atoms with E-state index >= 15 is 0 Å². The highest BCUT2D eigenvalue weighted by molar-refractivity contribution is 7.90. The van der Waals surface area contributed by atoms with Crippen LogP contribution in [0.3, 0.4) is 0 Å². The number of nitrogens with one attached hydrogen (secondary N) is 2. The zero-order chi connectivity index (χ0) is 22.1. The summed E-state index contributed by atoms with van der Waals surface area (Å²) < 4.78 is 31.3. The molecule has 0 atom stereocenters. The molecule has 0 bridgehead atoms. The molecule has 0 spiro atoms. The van der Waals surface area contributed by atoms with Crippen molar-refractivity contribution >= 4 is 27.8 Å². The van der Waals surface area contributed by atoms with E-state index in [1.807, 2.05) is 11.6 Å². The van der Waals surface area contributed by atoms with Crippen molar-refractivity contribution in [1.82, 2.24) is 15.0 Å². The summed E-state index contributed by atoms with van der Waals surface area (Å²) in [5, 5.41) is 2.76. The average Bonchev–Trinajstić information content (AvgIpc) is 2.75. The van der Waals surface area contributed by atoms with Crippen LogP contribution in [-0.4, -0.2) is 38.3 Å². The van der Waals surface area contributed by atoms with Crippen LogP contribution >= 0.6 is 0 Å². The molecule has 0 unspecified atom stereocenters. The van der Waals surface area contributed by atoms with E-state index in [1.54, 1.807) is 12.1 Å². The molecular weight excluding hydrogens is 410 g/mol. The van der Waals surface area contributed by atoms with E-state index in [1.165, 1.54) is 31.4 Å². The van der Waals surface area contributed by atoms with Crippen molar-refractivity contribution in [3.63, 3.8) is 0 Å². The third-order valence-electron chi connectivity index (χ3n) is 4.13. The predicted octanol–water partition coefficient (Wildman–Crippen LogP) is 1.79.